The molecule has 0 amide bonds. The van der Waals surface area contributed by atoms with Crippen molar-refractivity contribution in [2.45, 2.75) is 13.1 Å². The Bertz CT molecular complexity index is 792. The van der Waals surface area contributed by atoms with Crippen molar-refractivity contribution in [3.05, 3.63) is 72.3 Å². The number of aliphatic hydroxyl groups is 1. The molecule has 2 aromatic heterocycles. The maximum atomic E-state index is 9.33. The van der Waals surface area contributed by atoms with Crippen LogP contribution in [0.1, 0.15) is 11.1 Å². The zero-order valence-corrected chi connectivity index (χ0v) is 14.7. The predicted octanol–water partition coefficient (Wildman–Crippen LogP) is 2.54. The van der Waals surface area contributed by atoms with Crippen LogP contribution in [0.25, 0.3) is 11.4 Å². The summed E-state index contributed by atoms with van der Waals surface area (Å²) in [6.45, 7) is 2.06. The van der Waals surface area contributed by atoms with Crippen molar-refractivity contribution >= 4 is 0 Å². The lowest BCUT2D eigenvalue weighted by Crippen LogP contribution is -2.26. The molecule has 0 saturated carbocycles. The lowest BCUT2D eigenvalue weighted by atomic mass is 10.2. The van der Waals surface area contributed by atoms with Gasteiger partial charge in [0.2, 0.25) is 0 Å². The molecule has 1 aromatic carbocycles. The number of benzene rings is 1. The Kier molecular flexibility index (Phi) is 6.24. The molecule has 6 heteroatoms. The second-order valence-electron chi connectivity index (χ2n) is 5.94. The van der Waals surface area contributed by atoms with Gasteiger partial charge >= 0.3 is 0 Å². The molecule has 6 nitrogen and oxygen atoms in total. The highest BCUT2D eigenvalue weighted by molar-refractivity contribution is 5.55. The molecule has 26 heavy (non-hydrogen) atoms. The number of rotatable bonds is 8. The van der Waals surface area contributed by atoms with Gasteiger partial charge in [-0.1, -0.05) is 6.07 Å². The van der Waals surface area contributed by atoms with E-state index in [1.54, 1.807) is 13.3 Å². The molecule has 0 spiro atoms. The third kappa shape index (κ3) is 4.84. The summed E-state index contributed by atoms with van der Waals surface area (Å²) in [5.74, 6) is 1.48. The molecule has 2 heterocycles. The van der Waals surface area contributed by atoms with E-state index in [0.29, 0.717) is 25.5 Å². The third-order valence-corrected chi connectivity index (χ3v) is 4.00. The second-order valence-corrected chi connectivity index (χ2v) is 5.94. The van der Waals surface area contributed by atoms with Crippen LogP contribution in [-0.4, -0.2) is 45.2 Å². The minimum atomic E-state index is 0.102. The van der Waals surface area contributed by atoms with Gasteiger partial charge in [0.25, 0.3) is 0 Å². The number of aromatic nitrogens is 3. The lowest BCUT2D eigenvalue weighted by molar-refractivity contribution is 0.184. The van der Waals surface area contributed by atoms with Crippen LogP contribution >= 0.6 is 0 Å². The van der Waals surface area contributed by atoms with Gasteiger partial charge in [-0.05, 0) is 35.9 Å². The summed E-state index contributed by atoms with van der Waals surface area (Å²) in [5, 5.41) is 9.33. The van der Waals surface area contributed by atoms with Gasteiger partial charge in [0.1, 0.15) is 5.75 Å². The number of methoxy groups -OCH3 is 1. The largest absolute Gasteiger partial charge is 0.497 e. The predicted molar refractivity (Wildman–Crippen MR) is 99.5 cm³/mol. The Labute approximate surface area is 153 Å². The summed E-state index contributed by atoms with van der Waals surface area (Å²) in [7, 11) is 1.64. The maximum Gasteiger partial charge on any atom is 0.159 e. The Hall–Kier alpha value is -2.83. The Morgan fingerprint density at radius 2 is 1.69 bits per heavy atom. The van der Waals surface area contributed by atoms with Crippen LogP contribution in [0.15, 0.2) is 61.2 Å². The molecule has 0 bridgehead atoms. The molecule has 0 aliphatic rings. The van der Waals surface area contributed by atoms with E-state index in [1.165, 1.54) is 0 Å². The normalized spacial score (nSPS) is 10.9. The molecule has 0 saturated heterocycles. The fraction of sp³-hybridized carbons (Fsp3) is 0.250. The SMILES string of the molecule is COc1ccc(-c2ncc(CN(CCO)Cc3cccnc3)cn2)cc1. The van der Waals surface area contributed by atoms with Crippen LogP contribution in [0.5, 0.6) is 5.75 Å². The van der Waals surface area contributed by atoms with Crippen LogP contribution in [0.4, 0.5) is 0 Å². The van der Waals surface area contributed by atoms with E-state index < -0.39 is 0 Å². The van der Waals surface area contributed by atoms with Crippen LogP contribution < -0.4 is 4.74 Å². The molecule has 0 atom stereocenters. The molecular formula is C20H22N4O2. The molecule has 0 aliphatic carbocycles. The summed E-state index contributed by atoms with van der Waals surface area (Å²) in [6, 6.07) is 11.6. The second kappa shape index (κ2) is 9.03. The summed E-state index contributed by atoms with van der Waals surface area (Å²) in [4.78, 5) is 15.2. The van der Waals surface area contributed by atoms with Gasteiger partial charge in [-0.3, -0.25) is 9.88 Å². The van der Waals surface area contributed by atoms with E-state index in [2.05, 4.69) is 19.9 Å². The first-order valence-electron chi connectivity index (χ1n) is 8.46. The Morgan fingerprint density at radius 3 is 2.31 bits per heavy atom. The fourth-order valence-electron chi connectivity index (χ4n) is 2.69. The van der Waals surface area contributed by atoms with Gasteiger partial charge in [-0.15, -0.1) is 0 Å². The van der Waals surface area contributed by atoms with Crippen molar-refractivity contribution in [3.63, 3.8) is 0 Å². The molecule has 3 aromatic rings. The molecule has 134 valence electrons. The number of aliphatic hydroxyl groups excluding tert-OH is 1. The highest BCUT2D eigenvalue weighted by Crippen LogP contribution is 2.19. The summed E-state index contributed by atoms with van der Waals surface area (Å²) in [6.07, 6.45) is 7.26. The van der Waals surface area contributed by atoms with Crippen LogP contribution in [-0.2, 0) is 13.1 Å². The van der Waals surface area contributed by atoms with E-state index in [9.17, 15) is 5.11 Å². The summed E-state index contributed by atoms with van der Waals surface area (Å²) >= 11 is 0. The van der Waals surface area contributed by atoms with E-state index in [4.69, 9.17) is 4.74 Å². The van der Waals surface area contributed by atoms with Gasteiger partial charge in [-0.25, -0.2) is 9.97 Å². The van der Waals surface area contributed by atoms with Gasteiger partial charge in [-0.2, -0.15) is 0 Å². The molecule has 0 radical (unpaired) electrons. The summed E-state index contributed by atoms with van der Waals surface area (Å²) < 4.78 is 5.17. The molecule has 3 rings (SSSR count). The number of nitrogens with zero attached hydrogens (tertiary/aromatic N) is 4. The quantitative estimate of drug-likeness (QED) is 0.673. The van der Waals surface area contributed by atoms with E-state index in [0.717, 1.165) is 22.4 Å². The number of hydrogen-bond acceptors (Lipinski definition) is 6. The zero-order chi connectivity index (χ0) is 18.2. The van der Waals surface area contributed by atoms with Crippen molar-refractivity contribution < 1.29 is 9.84 Å². The average Bonchev–Trinajstić information content (AvgIpc) is 2.70. The minimum Gasteiger partial charge on any atom is -0.497 e. The van der Waals surface area contributed by atoms with Gasteiger partial charge in [0, 0.05) is 55.5 Å². The van der Waals surface area contributed by atoms with Crippen molar-refractivity contribution in [2.75, 3.05) is 20.3 Å². The standard InChI is InChI=1S/C20H22N4O2/c1-26-19-6-4-18(5-7-19)20-22-12-17(13-23-20)15-24(9-10-25)14-16-3-2-8-21-11-16/h2-8,11-13,25H,9-10,14-15H2,1H3. The van der Waals surface area contributed by atoms with E-state index in [1.807, 2.05) is 55.0 Å². The smallest absolute Gasteiger partial charge is 0.159 e. The van der Waals surface area contributed by atoms with Crippen molar-refractivity contribution in [1.29, 1.82) is 0 Å². The average molecular weight is 350 g/mol. The third-order valence-electron chi connectivity index (χ3n) is 4.00. The number of hydrogen-bond donors (Lipinski definition) is 1. The first-order valence-corrected chi connectivity index (χ1v) is 8.46. The highest BCUT2D eigenvalue weighted by Gasteiger charge is 2.09. The highest BCUT2D eigenvalue weighted by atomic mass is 16.5. The van der Waals surface area contributed by atoms with Gasteiger partial charge in [0.05, 0.1) is 13.7 Å². The number of pyridine rings is 1. The Balaban J connectivity index is 1.68. The minimum absolute atomic E-state index is 0.102. The Morgan fingerprint density at radius 1 is 0.962 bits per heavy atom. The molecular weight excluding hydrogens is 328 g/mol. The van der Waals surface area contributed by atoms with Crippen molar-refractivity contribution in [2.24, 2.45) is 0 Å². The van der Waals surface area contributed by atoms with Crippen LogP contribution in [0.2, 0.25) is 0 Å². The van der Waals surface area contributed by atoms with E-state index in [-0.39, 0.29) is 6.61 Å². The van der Waals surface area contributed by atoms with Crippen LogP contribution in [0.3, 0.4) is 0 Å². The van der Waals surface area contributed by atoms with Crippen molar-refractivity contribution in [3.8, 4) is 17.1 Å². The molecule has 0 unspecified atom stereocenters. The molecule has 1 N–H and O–H groups in total. The lowest BCUT2D eigenvalue weighted by Gasteiger charge is -2.21. The summed E-state index contributed by atoms with van der Waals surface area (Å²) in [5.41, 5.74) is 3.05. The van der Waals surface area contributed by atoms with Crippen molar-refractivity contribution in [1.82, 2.24) is 19.9 Å². The monoisotopic (exact) mass is 350 g/mol. The topological polar surface area (TPSA) is 71.4 Å². The van der Waals surface area contributed by atoms with Gasteiger partial charge in [0.15, 0.2) is 5.82 Å². The van der Waals surface area contributed by atoms with Gasteiger partial charge < -0.3 is 9.84 Å². The van der Waals surface area contributed by atoms with E-state index >= 15 is 0 Å². The first-order chi connectivity index (χ1) is 12.8. The zero-order valence-electron chi connectivity index (χ0n) is 14.7. The molecule has 0 aliphatic heterocycles. The number of ether oxygens (including phenoxy) is 1. The molecule has 0 fully saturated rings. The fourth-order valence-corrected chi connectivity index (χ4v) is 2.69. The first kappa shape index (κ1) is 18.0. The maximum absolute atomic E-state index is 9.33. The van der Waals surface area contributed by atoms with Crippen LogP contribution in [0, 0.1) is 0 Å².